The molecule has 0 aliphatic rings. The predicted molar refractivity (Wildman–Crippen MR) is 105 cm³/mol. The van der Waals surface area contributed by atoms with Gasteiger partial charge in [-0.1, -0.05) is 6.07 Å². The molecule has 2 heterocycles. The lowest BCUT2D eigenvalue weighted by atomic mass is 10.2. The molecule has 1 aromatic carbocycles. The number of ether oxygens (including phenoxy) is 1. The van der Waals surface area contributed by atoms with Crippen molar-refractivity contribution in [3.05, 3.63) is 50.9 Å². The minimum absolute atomic E-state index is 0.0858. The van der Waals surface area contributed by atoms with Gasteiger partial charge in [-0.05, 0) is 19.1 Å². The quantitative estimate of drug-likeness (QED) is 0.431. The zero-order chi connectivity index (χ0) is 21.1. The molecule has 0 bridgehead atoms. The Balaban J connectivity index is 1.77. The number of aryl methyl sites for hydroxylation is 1. The number of nitrogens with zero attached hydrogens (tertiary/aromatic N) is 5. The second-order valence-corrected chi connectivity index (χ2v) is 6.17. The van der Waals surface area contributed by atoms with Crippen molar-refractivity contribution in [1.82, 2.24) is 24.1 Å². The summed E-state index contributed by atoms with van der Waals surface area (Å²) in [5.74, 6) is -0.289. The minimum Gasteiger partial charge on any atom is -0.504 e. The fourth-order valence-electron chi connectivity index (χ4n) is 2.80. The molecule has 0 unspecified atom stereocenters. The van der Waals surface area contributed by atoms with E-state index >= 15 is 0 Å². The van der Waals surface area contributed by atoms with Crippen LogP contribution in [0.15, 0.2) is 39.2 Å². The largest absolute Gasteiger partial charge is 0.504 e. The van der Waals surface area contributed by atoms with Crippen LogP contribution in [0.25, 0.3) is 11.2 Å². The van der Waals surface area contributed by atoms with E-state index in [1.54, 1.807) is 25.1 Å². The van der Waals surface area contributed by atoms with Crippen LogP contribution in [0.3, 0.4) is 0 Å². The fraction of sp³-hybridized carbons (Fsp3) is 0.278. The van der Waals surface area contributed by atoms with E-state index in [4.69, 9.17) is 4.74 Å². The summed E-state index contributed by atoms with van der Waals surface area (Å²) in [7, 11) is 2.85. The number of benzene rings is 1. The molecule has 1 amide bonds. The number of fused-ring (bicyclic) bond motifs is 1. The van der Waals surface area contributed by atoms with E-state index in [1.807, 2.05) is 0 Å². The summed E-state index contributed by atoms with van der Waals surface area (Å²) in [6.07, 6.45) is 2.59. The maximum Gasteiger partial charge on any atom is 0.332 e. The second-order valence-electron chi connectivity index (χ2n) is 6.17. The molecule has 0 atom stereocenters. The number of rotatable bonds is 6. The molecule has 2 N–H and O–H groups in total. The van der Waals surface area contributed by atoms with Crippen molar-refractivity contribution in [2.75, 3.05) is 6.61 Å². The summed E-state index contributed by atoms with van der Waals surface area (Å²) in [4.78, 5) is 40.6. The van der Waals surface area contributed by atoms with Crippen LogP contribution in [0.4, 0.5) is 0 Å². The Bertz CT molecular complexity index is 1220. The van der Waals surface area contributed by atoms with Gasteiger partial charge in [0.2, 0.25) is 0 Å². The third kappa shape index (κ3) is 3.74. The first-order chi connectivity index (χ1) is 13.8. The summed E-state index contributed by atoms with van der Waals surface area (Å²) >= 11 is 0. The van der Waals surface area contributed by atoms with E-state index < -0.39 is 17.2 Å². The highest BCUT2D eigenvalue weighted by molar-refractivity contribution is 5.86. The van der Waals surface area contributed by atoms with Crippen LogP contribution in [0.1, 0.15) is 12.5 Å². The molecular formula is C18H20N6O5. The Labute approximate surface area is 164 Å². The highest BCUT2D eigenvalue weighted by atomic mass is 16.5. The molecule has 0 saturated heterocycles. The molecule has 11 nitrogen and oxygen atoms in total. The average molecular weight is 400 g/mol. The summed E-state index contributed by atoms with van der Waals surface area (Å²) in [5.41, 5.74) is 1.97. The van der Waals surface area contributed by atoms with Crippen molar-refractivity contribution in [2.24, 2.45) is 19.2 Å². The van der Waals surface area contributed by atoms with Crippen LogP contribution in [0, 0.1) is 0 Å². The van der Waals surface area contributed by atoms with E-state index in [0.717, 1.165) is 4.57 Å². The van der Waals surface area contributed by atoms with Gasteiger partial charge in [-0.25, -0.2) is 15.2 Å². The Hall–Kier alpha value is -3.89. The first kappa shape index (κ1) is 19.9. The van der Waals surface area contributed by atoms with Gasteiger partial charge < -0.3 is 14.4 Å². The molecule has 3 aromatic rings. The van der Waals surface area contributed by atoms with Crippen LogP contribution < -0.4 is 21.4 Å². The number of hydrazone groups is 1. The molecule has 152 valence electrons. The molecule has 0 aliphatic carbocycles. The lowest BCUT2D eigenvalue weighted by Crippen LogP contribution is -2.38. The third-order valence-corrected chi connectivity index (χ3v) is 4.25. The molecule has 0 saturated carbocycles. The topological polar surface area (TPSA) is 133 Å². The summed E-state index contributed by atoms with van der Waals surface area (Å²) in [6, 6.07) is 4.92. The van der Waals surface area contributed by atoms with Crippen LogP contribution in [-0.4, -0.2) is 42.5 Å². The first-order valence-electron chi connectivity index (χ1n) is 8.72. The number of hydrogen-bond acceptors (Lipinski definition) is 7. The van der Waals surface area contributed by atoms with Gasteiger partial charge in [0.25, 0.3) is 11.5 Å². The maximum atomic E-state index is 12.4. The van der Waals surface area contributed by atoms with Gasteiger partial charge in [-0.3, -0.25) is 18.7 Å². The predicted octanol–water partition coefficient (Wildman–Crippen LogP) is -0.312. The van der Waals surface area contributed by atoms with Crippen molar-refractivity contribution in [3.8, 4) is 11.5 Å². The number of amides is 1. The van der Waals surface area contributed by atoms with Crippen molar-refractivity contribution < 1.29 is 14.6 Å². The number of hydrogen-bond donors (Lipinski definition) is 2. The van der Waals surface area contributed by atoms with Crippen LogP contribution in [0.5, 0.6) is 11.5 Å². The number of aromatic nitrogens is 4. The molecule has 2 aromatic heterocycles. The van der Waals surface area contributed by atoms with Crippen molar-refractivity contribution in [2.45, 2.75) is 13.5 Å². The fourth-order valence-corrected chi connectivity index (χ4v) is 2.80. The Morgan fingerprint density at radius 1 is 1.31 bits per heavy atom. The smallest absolute Gasteiger partial charge is 0.332 e. The van der Waals surface area contributed by atoms with Gasteiger partial charge in [0.15, 0.2) is 22.7 Å². The molecule has 11 heteroatoms. The van der Waals surface area contributed by atoms with E-state index in [2.05, 4.69) is 15.5 Å². The minimum atomic E-state index is -0.547. The number of para-hydroxylation sites is 1. The number of carbonyl (C=O) groups excluding carboxylic acids is 1. The van der Waals surface area contributed by atoms with Crippen molar-refractivity contribution in [3.63, 3.8) is 0 Å². The highest BCUT2D eigenvalue weighted by Gasteiger charge is 2.15. The highest BCUT2D eigenvalue weighted by Crippen LogP contribution is 2.28. The zero-order valence-corrected chi connectivity index (χ0v) is 16.1. The number of phenols is 1. The lowest BCUT2D eigenvalue weighted by Gasteiger charge is -2.07. The maximum absolute atomic E-state index is 12.4. The van der Waals surface area contributed by atoms with Crippen LogP contribution in [0.2, 0.25) is 0 Å². The second kappa shape index (κ2) is 8.00. The average Bonchev–Trinajstić information content (AvgIpc) is 3.11. The van der Waals surface area contributed by atoms with Crippen molar-refractivity contribution >= 4 is 23.3 Å². The summed E-state index contributed by atoms with van der Waals surface area (Å²) < 4.78 is 8.81. The van der Waals surface area contributed by atoms with E-state index in [-0.39, 0.29) is 23.5 Å². The molecule has 0 spiro atoms. The lowest BCUT2D eigenvalue weighted by molar-refractivity contribution is -0.121. The third-order valence-electron chi connectivity index (χ3n) is 4.25. The van der Waals surface area contributed by atoms with Crippen LogP contribution >= 0.6 is 0 Å². The van der Waals surface area contributed by atoms with Gasteiger partial charge >= 0.3 is 5.69 Å². The molecule has 0 fully saturated rings. The number of aromatic hydroxyl groups is 1. The summed E-state index contributed by atoms with van der Waals surface area (Å²) in [5, 5.41) is 13.9. The van der Waals surface area contributed by atoms with Gasteiger partial charge in [0, 0.05) is 19.7 Å². The van der Waals surface area contributed by atoms with Gasteiger partial charge in [-0.2, -0.15) is 5.10 Å². The number of nitrogens with one attached hydrogen (secondary N) is 1. The SMILES string of the molecule is CCOc1cccc(/C=N\NC(=O)Cn2cnc3c2c(=O)n(C)c(=O)n3C)c1O. The van der Waals surface area contributed by atoms with Crippen molar-refractivity contribution in [1.29, 1.82) is 0 Å². The van der Waals surface area contributed by atoms with E-state index in [9.17, 15) is 19.5 Å². The molecule has 0 aliphatic heterocycles. The first-order valence-corrected chi connectivity index (χ1v) is 8.72. The zero-order valence-electron chi connectivity index (χ0n) is 16.1. The molecule has 3 rings (SSSR count). The molecule has 29 heavy (non-hydrogen) atoms. The van der Waals surface area contributed by atoms with E-state index in [1.165, 1.54) is 35.8 Å². The van der Waals surface area contributed by atoms with Gasteiger partial charge in [0.05, 0.1) is 19.1 Å². The Morgan fingerprint density at radius 2 is 2.07 bits per heavy atom. The monoisotopic (exact) mass is 400 g/mol. The number of carbonyl (C=O) groups is 1. The van der Waals surface area contributed by atoms with Gasteiger partial charge in [-0.15, -0.1) is 0 Å². The van der Waals surface area contributed by atoms with Crippen LogP contribution in [-0.2, 0) is 25.4 Å². The molecular weight excluding hydrogens is 380 g/mol. The van der Waals surface area contributed by atoms with E-state index in [0.29, 0.717) is 17.9 Å². The molecule has 0 radical (unpaired) electrons. The standard InChI is InChI=1S/C18H20N6O5/c1-4-29-12-7-5-6-11(15(12)26)8-20-21-13(25)9-24-10-19-16-14(24)17(27)23(3)18(28)22(16)2/h5-8,10,26H,4,9H2,1-3H3,(H,21,25)/b20-8-. The number of imidazole rings is 1. The Kier molecular flexibility index (Phi) is 5.48. The summed E-state index contributed by atoms with van der Waals surface area (Å²) in [6.45, 7) is 1.96. The van der Waals surface area contributed by atoms with Gasteiger partial charge in [0.1, 0.15) is 6.54 Å². The Morgan fingerprint density at radius 3 is 2.79 bits per heavy atom. The number of phenolic OH excluding ortho intramolecular Hbond substituents is 1. The normalized spacial score (nSPS) is 11.3.